The molecule has 176 valence electrons. The molecule has 0 aliphatic carbocycles. The molecule has 1 aromatic carbocycles. The van der Waals surface area contributed by atoms with Crippen LogP contribution in [0, 0.1) is 23.2 Å². The van der Waals surface area contributed by atoms with E-state index < -0.39 is 0 Å². The van der Waals surface area contributed by atoms with Gasteiger partial charge in [-0.2, -0.15) is 5.26 Å². The second kappa shape index (κ2) is 13.8. The second-order valence-electron chi connectivity index (χ2n) is 8.41. The van der Waals surface area contributed by atoms with Gasteiger partial charge in [-0.1, -0.05) is 39.0 Å². The quantitative estimate of drug-likeness (QED) is 0.439. The Kier molecular flexibility index (Phi) is 11.0. The molecule has 5 nitrogen and oxygen atoms in total. The summed E-state index contributed by atoms with van der Waals surface area (Å²) >= 11 is 0. The third kappa shape index (κ3) is 7.24. The summed E-state index contributed by atoms with van der Waals surface area (Å²) < 4.78 is 5.92. The molecule has 1 N–H and O–H groups in total. The predicted octanol–water partition coefficient (Wildman–Crippen LogP) is 5.67. The van der Waals surface area contributed by atoms with E-state index in [2.05, 4.69) is 35.9 Å². The van der Waals surface area contributed by atoms with Gasteiger partial charge in [-0.25, -0.2) is 0 Å². The van der Waals surface area contributed by atoms with Crippen molar-refractivity contribution >= 4 is 12.0 Å². The van der Waals surface area contributed by atoms with E-state index >= 15 is 0 Å². The second-order valence-corrected chi connectivity index (χ2v) is 8.41. The zero-order valence-electron chi connectivity index (χ0n) is 20.0. The average Bonchev–Trinajstić information content (AvgIpc) is 2.79. The number of nitrogens with zero attached hydrogens (tertiary/aromatic N) is 2. The first kappa shape index (κ1) is 25.7. The highest BCUT2D eigenvalue weighted by atomic mass is 16.5. The molecule has 0 spiro atoms. The van der Waals surface area contributed by atoms with E-state index in [4.69, 9.17) is 4.74 Å². The number of nitriles is 1. The highest BCUT2D eigenvalue weighted by molar-refractivity contribution is 5.98. The summed E-state index contributed by atoms with van der Waals surface area (Å²) in [5, 5.41) is 12.5. The average molecular weight is 440 g/mol. The number of carbonyl (C=O) groups is 1. The van der Waals surface area contributed by atoms with Gasteiger partial charge in [0.1, 0.15) is 5.75 Å². The number of ether oxygens (including phenoxy) is 1. The number of hydrogen-bond acceptors (Lipinski definition) is 4. The first-order valence-corrected chi connectivity index (χ1v) is 12.1. The van der Waals surface area contributed by atoms with Crippen molar-refractivity contribution in [1.29, 1.82) is 5.26 Å². The number of nitrogens with one attached hydrogen (secondary N) is 1. The van der Waals surface area contributed by atoms with Crippen LogP contribution in [0.25, 0.3) is 6.08 Å². The minimum absolute atomic E-state index is 0. The number of hydrogen-bond donors (Lipinski definition) is 1. The normalized spacial score (nSPS) is 21.3. The number of rotatable bonds is 7. The number of amides is 1. The lowest BCUT2D eigenvalue weighted by molar-refractivity contribution is 0.0903. The van der Waals surface area contributed by atoms with E-state index in [0.29, 0.717) is 41.9 Å². The number of piperidine rings is 1. The summed E-state index contributed by atoms with van der Waals surface area (Å²) in [6.07, 6.45) is 11.2. The summed E-state index contributed by atoms with van der Waals surface area (Å²) in [6, 6.07) is 5.60. The Balaban J connectivity index is 0.00000177. The number of fused-ring (bicyclic) bond motifs is 1. The van der Waals surface area contributed by atoms with Crippen molar-refractivity contribution < 1.29 is 11.0 Å². The molecule has 1 unspecified atom stereocenters. The number of likely N-dealkylation sites (tertiary alicyclic amines) is 1. The summed E-state index contributed by atoms with van der Waals surface area (Å²) in [5.74, 6) is 1.44. The molecule has 2 aliphatic heterocycles. The molecule has 0 bridgehead atoms. The van der Waals surface area contributed by atoms with Crippen molar-refractivity contribution in [2.75, 3.05) is 32.8 Å². The van der Waals surface area contributed by atoms with Crippen molar-refractivity contribution in [1.82, 2.24) is 10.2 Å². The number of allylic oxidation sites excluding steroid dienone is 2. The zero-order valence-corrected chi connectivity index (χ0v) is 20.0. The largest absolute Gasteiger partial charge is 0.492 e. The third-order valence-electron chi connectivity index (χ3n) is 6.12. The standard InChI is InChI=1S/C25H33N3O2.C2H6.H2/c1-3-4-7-11-28-12-10-22(19(2)18-28)17-27-25(29)23-15-20(16-26)14-21-9-6-5-8-13-30-24(21)23;1-2;/h3,6,9,14-15,19,22H,1,4-5,7-8,10-13,17-18H2,2H3,(H,27,29);1-2H3;1H/b9-6-;;/t19?,22-;;/m0../s1. The van der Waals surface area contributed by atoms with Gasteiger partial charge in [0.15, 0.2) is 0 Å². The smallest absolute Gasteiger partial charge is 0.255 e. The minimum atomic E-state index is -0.155. The number of benzene rings is 1. The van der Waals surface area contributed by atoms with Gasteiger partial charge in [-0.3, -0.25) is 4.79 Å². The molecule has 2 aliphatic rings. The fourth-order valence-corrected chi connectivity index (χ4v) is 4.32. The van der Waals surface area contributed by atoms with Crippen LogP contribution < -0.4 is 10.1 Å². The fraction of sp³-hybridized carbons (Fsp3) is 0.556. The van der Waals surface area contributed by atoms with E-state index in [9.17, 15) is 10.1 Å². The summed E-state index contributed by atoms with van der Waals surface area (Å²) in [4.78, 5) is 15.5. The Bertz CT molecular complexity index is 831. The Labute approximate surface area is 195 Å². The van der Waals surface area contributed by atoms with E-state index in [1.807, 2.05) is 26.0 Å². The van der Waals surface area contributed by atoms with Crippen molar-refractivity contribution in [2.24, 2.45) is 11.8 Å². The highest BCUT2D eigenvalue weighted by Gasteiger charge is 2.27. The van der Waals surface area contributed by atoms with E-state index in [1.54, 1.807) is 12.1 Å². The molecule has 0 saturated carbocycles. The van der Waals surface area contributed by atoms with Crippen molar-refractivity contribution in [2.45, 2.75) is 52.9 Å². The maximum atomic E-state index is 13.0. The molecule has 1 aromatic rings. The van der Waals surface area contributed by atoms with Crippen LogP contribution in [0.4, 0.5) is 0 Å². The van der Waals surface area contributed by atoms with Crippen LogP contribution in [-0.4, -0.2) is 43.6 Å². The molecular weight excluding hydrogens is 398 g/mol. The van der Waals surface area contributed by atoms with Crippen LogP contribution in [-0.2, 0) is 0 Å². The number of carbonyl (C=O) groups excluding carboxylic acids is 1. The predicted molar refractivity (Wildman–Crippen MR) is 134 cm³/mol. The van der Waals surface area contributed by atoms with Gasteiger partial charge >= 0.3 is 0 Å². The van der Waals surface area contributed by atoms with E-state index in [0.717, 1.165) is 57.3 Å². The van der Waals surface area contributed by atoms with Gasteiger partial charge in [-0.15, -0.1) is 6.58 Å². The molecule has 2 heterocycles. The number of unbranched alkanes of at least 4 members (excludes halogenated alkanes) is 1. The van der Waals surface area contributed by atoms with Crippen LogP contribution in [0.15, 0.2) is 30.9 Å². The molecule has 1 saturated heterocycles. The van der Waals surface area contributed by atoms with Crippen LogP contribution in [0.1, 0.15) is 75.8 Å². The Morgan fingerprint density at radius 1 is 1.44 bits per heavy atom. The molecular formula is C27H41N3O2. The first-order valence-electron chi connectivity index (χ1n) is 12.1. The van der Waals surface area contributed by atoms with Crippen LogP contribution >= 0.6 is 0 Å². The lowest BCUT2D eigenvalue weighted by atomic mass is 9.86. The highest BCUT2D eigenvalue weighted by Crippen LogP contribution is 2.30. The van der Waals surface area contributed by atoms with Gasteiger partial charge in [-0.05, 0) is 69.2 Å². The lowest BCUT2D eigenvalue weighted by Crippen LogP contribution is -2.44. The van der Waals surface area contributed by atoms with Gasteiger partial charge in [0.25, 0.3) is 5.91 Å². The van der Waals surface area contributed by atoms with Crippen molar-refractivity contribution in [3.63, 3.8) is 0 Å². The Morgan fingerprint density at radius 2 is 2.25 bits per heavy atom. The van der Waals surface area contributed by atoms with Gasteiger partial charge in [0.05, 0.1) is 23.8 Å². The molecule has 1 fully saturated rings. The first-order chi connectivity index (χ1) is 15.6. The Hall–Kier alpha value is -2.58. The molecule has 0 aromatic heterocycles. The van der Waals surface area contributed by atoms with Gasteiger partial charge in [0.2, 0.25) is 0 Å². The molecule has 0 radical (unpaired) electrons. The van der Waals surface area contributed by atoms with Crippen LogP contribution in [0.2, 0.25) is 0 Å². The van der Waals surface area contributed by atoms with E-state index in [1.165, 1.54) is 0 Å². The summed E-state index contributed by atoms with van der Waals surface area (Å²) in [5.41, 5.74) is 1.75. The van der Waals surface area contributed by atoms with Gasteiger partial charge < -0.3 is 15.0 Å². The lowest BCUT2D eigenvalue weighted by Gasteiger charge is -2.37. The Morgan fingerprint density at radius 3 is 2.97 bits per heavy atom. The van der Waals surface area contributed by atoms with Crippen LogP contribution in [0.5, 0.6) is 5.75 Å². The molecule has 3 rings (SSSR count). The topological polar surface area (TPSA) is 65.4 Å². The summed E-state index contributed by atoms with van der Waals surface area (Å²) in [7, 11) is 0. The van der Waals surface area contributed by atoms with E-state index in [-0.39, 0.29) is 7.33 Å². The zero-order chi connectivity index (χ0) is 23.3. The molecule has 32 heavy (non-hydrogen) atoms. The molecule has 1 amide bonds. The molecule has 2 atom stereocenters. The van der Waals surface area contributed by atoms with Crippen molar-refractivity contribution in [3.05, 3.63) is 47.6 Å². The van der Waals surface area contributed by atoms with Gasteiger partial charge in [0, 0.05) is 20.1 Å². The maximum absolute atomic E-state index is 13.0. The third-order valence-corrected chi connectivity index (χ3v) is 6.12. The van der Waals surface area contributed by atoms with Crippen molar-refractivity contribution in [3.8, 4) is 11.8 Å². The van der Waals surface area contributed by atoms with Crippen LogP contribution in [0.3, 0.4) is 0 Å². The fourth-order valence-electron chi connectivity index (χ4n) is 4.32. The minimum Gasteiger partial charge on any atom is -0.492 e. The maximum Gasteiger partial charge on any atom is 0.255 e. The summed E-state index contributed by atoms with van der Waals surface area (Å²) in [6.45, 7) is 14.6. The monoisotopic (exact) mass is 439 g/mol. The SMILES string of the molecule is C=CCCCN1CC[C@@H](CNC(=O)c2cc(C#N)cc3c2OCCC/C=C\3)C(C)C1.CC.[HH]. The molecule has 5 heteroatoms.